The molecule has 0 unspecified atom stereocenters. The highest BCUT2D eigenvalue weighted by Crippen LogP contribution is 2.51. The van der Waals surface area contributed by atoms with Crippen LogP contribution in [0, 0.1) is 17.3 Å². The van der Waals surface area contributed by atoms with E-state index in [1.54, 1.807) is 0 Å². The average molecular weight is 180 g/mol. The first-order chi connectivity index (χ1) is 6.05. The molecule has 2 fully saturated rings. The van der Waals surface area contributed by atoms with Crippen LogP contribution >= 0.6 is 0 Å². The standard InChI is InChI=1S/C11H16O2/c1-7-9(12)4-3-8-10(13)5-6-11(7,8)2/h7-8H,3-6H2,1-2H3/t7-,8+,11+/m0/s1. The molecule has 0 N–H and O–H groups in total. The van der Waals surface area contributed by atoms with Crippen molar-refractivity contribution >= 4 is 11.6 Å². The second-order valence-corrected chi connectivity index (χ2v) is 4.75. The Labute approximate surface area is 78.7 Å². The zero-order valence-electron chi connectivity index (χ0n) is 8.30. The van der Waals surface area contributed by atoms with E-state index in [0.29, 0.717) is 24.4 Å². The number of carbonyl (C=O) groups excluding carboxylic acids is 2. The Bertz CT molecular complexity index is 267. The van der Waals surface area contributed by atoms with Gasteiger partial charge in [0, 0.05) is 24.7 Å². The van der Waals surface area contributed by atoms with E-state index in [4.69, 9.17) is 0 Å². The molecule has 0 aromatic rings. The number of Topliss-reactive ketones (excluding diaryl/α,β-unsaturated/α-hetero) is 2. The number of rotatable bonds is 0. The first-order valence-corrected chi connectivity index (χ1v) is 5.11. The SMILES string of the molecule is C[C@H]1C(=O)CC[C@@H]2C(=O)CC[C@@]21C. The van der Waals surface area contributed by atoms with E-state index in [1.807, 2.05) is 6.92 Å². The maximum absolute atomic E-state index is 11.6. The van der Waals surface area contributed by atoms with Gasteiger partial charge in [0.15, 0.2) is 0 Å². The first-order valence-electron chi connectivity index (χ1n) is 5.11. The molecule has 0 aromatic carbocycles. The monoisotopic (exact) mass is 180 g/mol. The van der Waals surface area contributed by atoms with Crippen molar-refractivity contribution in [1.82, 2.24) is 0 Å². The van der Waals surface area contributed by atoms with Crippen molar-refractivity contribution in [3.05, 3.63) is 0 Å². The normalized spacial score (nSPS) is 45.1. The van der Waals surface area contributed by atoms with Crippen molar-refractivity contribution in [2.45, 2.75) is 39.5 Å². The van der Waals surface area contributed by atoms with Crippen molar-refractivity contribution in [2.24, 2.45) is 17.3 Å². The summed E-state index contributed by atoms with van der Waals surface area (Å²) >= 11 is 0. The van der Waals surface area contributed by atoms with Crippen LogP contribution in [0.5, 0.6) is 0 Å². The molecule has 0 heterocycles. The Hall–Kier alpha value is -0.660. The van der Waals surface area contributed by atoms with E-state index in [2.05, 4.69) is 6.92 Å². The summed E-state index contributed by atoms with van der Waals surface area (Å²) in [6.07, 6.45) is 3.04. The van der Waals surface area contributed by atoms with Gasteiger partial charge in [0.2, 0.25) is 0 Å². The molecule has 3 atom stereocenters. The quantitative estimate of drug-likeness (QED) is 0.571. The van der Waals surface area contributed by atoms with Crippen molar-refractivity contribution in [1.29, 1.82) is 0 Å². The molecule has 0 bridgehead atoms. The van der Waals surface area contributed by atoms with Crippen LogP contribution in [-0.2, 0) is 9.59 Å². The maximum atomic E-state index is 11.6. The lowest BCUT2D eigenvalue weighted by molar-refractivity contribution is -0.134. The second-order valence-electron chi connectivity index (χ2n) is 4.75. The molecule has 0 spiro atoms. The zero-order chi connectivity index (χ0) is 9.64. The number of ketones is 2. The van der Waals surface area contributed by atoms with Gasteiger partial charge in [-0.1, -0.05) is 13.8 Å². The Kier molecular flexibility index (Phi) is 1.83. The van der Waals surface area contributed by atoms with Crippen LogP contribution in [0.3, 0.4) is 0 Å². The third-order valence-electron chi connectivity index (χ3n) is 4.25. The van der Waals surface area contributed by atoms with Crippen LogP contribution in [0.4, 0.5) is 0 Å². The fraction of sp³-hybridized carbons (Fsp3) is 0.818. The van der Waals surface area contributed by atoms with Gasteiger partial charge in [-0.05, 0) is 18.3 Å². The van der Waals surface area contributed by atoms with E-state index in [-0.39, 0.29) is 17.3 Å². The molecule has 2 heteroatoms. The summed E-state index contributed by atoms with van der Waals surface area (Å²) in [7, 11) is 0. The number of carbonyl (C=O) groups is 2. The first kappa shape index (κ1) is 8.92. The van der Waals surface area contributed by atoms with Crippen LogP contribution in [0.1, 0.15) is 39.5 Å². The highest BCUT2D eigenvalue weighted by molar-refractivity contribution is 5.90. The maximum Gasteiger partial charge on any atom is 0.136 e. The molecule has 2 nitrogen and oxygen atoms in total. The van der Waals surface area contributed by atoms with Crippen LogP contribution in [0.2, 0.25) is 0 Å². The highest BCUT2D eigenvalue weighted by atomic mass is 16.1. The van der Waals surface area contributed by atoms with Crippen LogP contribution in [0.25, 0.3) is 0 Å². The van der Waals surface area contributed by atoms with Gasteiger partial charge in [-0.3, -0.25) is 9.59 Å². The molecular weight excluding hydrogens is 164 g/mol. The molecule has 2 aliphatic rings. The van der Waals surface area contributed by atoms with E-state index >= 15 is 0 Å². The lowest BCUT2D eigenvalue weighted by Gasteiger charge is -2.39. The summed E-state index contributed by atoms with van der Waals surface area (Å²) in [5.74, 6) is 1.02. The molecule has 2 aliphatic carbocycles. The predicted octanol–water partition coefficient (Wildman–Crippen LogP) is 1.97. The van der Waals surface area contributed by atoms with Gasteiger partial charge >= 0.3 is 0 Å². The third kappa shape index (κ3) is 1.07. The molecule has 0 aromatic heterocycles. The van der Waals surface area contributed by atoms with Gasteiger partial charge in [0.1, 0.15) is 11.6 Å². The fourth-order valence-corrected chi connectivity index (χ4v) is 2.99. The summed E-state index contributed by atoms with van der Waals surface area (Å²) in [5, 5.41) is 0. The molecule has 0 saturated heterocycles. The second kappa shape index (κ2) is 2.66. The number of hydrogen-bond acceptors (Lipinski definition) is 2. The van der Waals surface area contributed by atoms with Gasteiger partial charge in [-0.25, -0.2) is 0 Å². The summed E-state index contributed by atoms with van der Waals surface area (Å²) in [4.78, 5) is 23.1. The molecule has 0 aliphatic heterocycles. The zero-order valence-corrected chi connectivity index (χ0v) is 8.30. The Balaban J connectivity index is 2.33. The Morgan fingerprint density at radius 3 is 2.62 bits per heavy atom. The van der Waals surface area contributed by atoms with Gasteiger partial charge < -0.3 is 0 Å². The van der Waals surface area contributed by atoms with Crippen molar-refractivity contribution in [3.8, 4) is 0 Å². The summed E-state index contributed by atoms with van der Waals surface area (Å²) < 4.78 is 0. The smallest absolute Gasteiger partial charge is 0.136 e. The van der Waals surface area contributed by atoms with E-state index in [0.717, 1.165) is 12.8 Å². The molecule has 0 radical (unpaired) electrons. The third-order valence-corrected chi connectivity index (χ3v) is 4.25. The van der Waals surface area contributed by atoms with Crippen LogP contribution < -0.4 is 0 Å². The van der Waals surface area contributed by atoms with Crippen molar-refractivity contribution in [3.63, 3.8) is 0 Å². The van der Waals surface area contributed by atoms with E-state index < -0.39 is 0 Å². The average Bonchev–Trinajstić information content (AvgIpc) is 2.39. The molecule has 0 amide bonds. The van der Waals surface area contributed by atoms with Crippen molar-refractivity contribution < 1.29 is 9.59 Å². The van der Waals surface area contributed by atoms with Crippen molar-refractivity contribution in [2.75, 3.05) is 0 Å². The van der Waals surface area contributed by atoms with Gasteiger partial charge in [-0.2, -0.15) is 0 Å². The van der Waals surface area contributed by atoms with Gasteiger partial charge in [0.05, 0.1) is 0 Å². The summed E-state index contributed by atoms with van der Waals surface area (Å²) in [6.45, 7) is 4.11. The Morgan fingerprint density at radius 2 is 1.92 bits per heavy atom. The largest absolute Gasteiger partial charge is 0.299 e. The van der Waals surface area contributed by atoms with Gasteiger partial charge in [0.25, 0.3) is 0 Å². The number of hydrogen-bond donors (Lipinski definition) is 0. The van der Waals surface area contributed by atoms with Crippen LogP contribution in [-0.4, -0.2) is 11.6 Å². The highest BCUT2D eigenvalue weighted by Gasteiger charge is 2.52. The molecule has 72 valence electrons. The minimum Gasteiger partial charge on any atom is -0.299 e. The van der Waals surface area contributed by atoms with Gasteiger partial charge in [-0.15, -0.1) is 0 Å². The molecule has 2 saturated carbocycles. The van der Waals surface area contributed by atoms with E-state index in [9.17, 15) is 9.59 Å². The summed E-state index contributed by atoms with van der Waals surface area (Å²) in [5.41, 5.74) is -0.00752. The molecule has 2 rings (SSSR count). The minimum atomic E-state index is -0.00752. The predicted molar refractivity (Wildman–Crippen MR) is 49.2 cm³/mol. The molecular formula is C11H16O2. The number of fused-ring (bicyclic) bond motifs is 1. The van der Waals surface area contributed by atoms with E-state index in [1.165, 1.54) is 0 Å². The lowest BCUT2D eigenvalue weighted by atomic mass is 9.63. The summed E-state index contributed by atoms with van der Waals surface area (Å²) in [6, 6.07) is 0. The molecule has 13 heavy (non-hydrogen) atoms. The minimum absolute atomic E-state index is 0.00752. The topological polar surface area (TPSA) is 34.1 Å². The lowest BCUT2D eigenvalue weighted by Crippen LogP contribution is -2.41. The Morgan fingerprint density at radius 1 is 1.23 bits per heavy atom. The van der Waals surface area contributed by atoms with Crippen LogP contribution in [0.15, 0.2) is 0 Å². The fourth-order valence-electron chi connectivity index (χ4n) is 2.99.